The Labute approximate surface area is 441 Å². The van der Waals surface area contributed by atoms with Gasteiger partial charge in [-0.1, -0.05) is 186 Å². The third-order valence-corrected chi connectivity index (χ3v) is 14.2. The summed E-state index contributed by atoms with van der Waals surface area (Å²) in [6.45, 7) is 2.61. The minimum atomic E-state index is -1.76. The molecule has 2 heterocycles. The van der Waals surface area contributed by atoms with Crippen molar-refractivity contribution in [2.45, 2.75) is 306 Å². The van der Waals surface area contributed by atoms with E-state index in [1.807, 2.05) is 0 Å². The SMILES string of the molecule is CCCCCCC/C=C\CCCCCCCC(=O)OCC(COC1OC(COC2OC(CO)C(O)C(O)C2O)C(O)C(O)C1O)OC(=O)CCCCCCCCCCCCC/C=C\CCCCCCCCCC. The number of rotatable bonds is 47. The van der Waals surface area contributed by atoms with E-state index in [0.29, 0.717) is 12.8 Å². The average molecular weight is 1040 g/mol. The zero-order valence-corrected chi connectivity index (χ0v) is 45.6. The predicted molar refractivity (Wildman–Crippen MR) is 284 cm³/mol. The molecule has 0 radical (unpaired) electrons. The topological polar surface area (TPSA) is 231 Å². The molecule has 2 aliphatic heterocycles. The fourth-order valence-corrected chi connectivity index (χ4v) is 9.33. The van der Waals surface area contributed by atoms with Gasteiger partial charge in [0.15, 0.2) is 18.7 Å². The minimum absolute atomic E-state index is 0.165. The van der Waals surface area contributed by atoms with Crippen LogP contribution in [0.15, 0.2) is 24.3 Å². The van der Waals surface area contributed by atoms with E-state index in [-0.39, 0.29) is 26.1 Å². The minimum Gasteiger partial charge on any atom is -0.462 e. The third kappa shape index (κ3) is 32.4. The van der Waals surface area contributed by atoms with Gasteiger partial charge < -0.3 is 64.2 Å². The van der Waals surface area contributed by atoms with E-state index in [1.165, 1.54) is 141 Å². The van der Waals surface area contributed by atoms with Gasteiger partial charge in [-0.05, 0) is 64.2 Å². The highest BCUT2D eigenvalue weighted by molar-refractivity contribution is 5.70. The quantitative estimate of drug-likeness (QED) is 0.0171. The Kier molecular flexibility index (Phi) is 41.4. The fourth-order valence-electron chi connectivity index (χ4n) is 9.33. The lowest BCUT2D eigenvalue weighted by atomic mass is 9.98. The van der Waals surface area contributed by atoms with E-state index in [0.717, 1.165) is 57.8 Å². The van der Waals surface area contributed by atoms with E-state index in [4.69, 9.17) is 28.4 Å². The van der Waals surface area contributed by atoms with Gasteiger partial charge in [0.25, 0.3) is 0 Å². The van der Waals surface area contributed by atoms with Crippen LogP contribution >= 0.6 is 0 Å². The van der Waals surface area contributed by atoms with Crippen LogP contribution in [0.5, 0.6) is 0 Å². The van der Waals surface area contributed by atoms with Crippen molar-refractivity contribution < 1.29 is 73.8 Å². The Bertz CT molecular complexity index is 1360. The first kappa shape index (κ1) is 67.1. The highest BCUT2D eigenvalue weighted by atomic mass is 16.7. The number of hydrogen-bond donors (Lipinski definition) is 7. The van der Waals surface area contributed by atoms with Crippen molar-refractivity contribution in [3.63, 3.8) is 0 Å². The molecule has 0 spiro atoms. The monoisotopic (exact) mass is 1040 g/mol. The Hall–Kier alpha value is -2.02. The molecule has 2 saturated heterocycles. The second kappa shape index (κ2) is 45.0. The number of aliphatic hydroxyl groups is 7. The van der Waals surface area contributed by atoms with Crippen molar-refractivity contribution in [2.75, 3.05) is 26.4 Å². The smallest absolute Gasteiger partial charge is 0.306 e. The van der Waals surface area contributed by atoms with Gasteiger partial charge in [-0.2, -0.15) is 0 Å². The zero-order valence-electron chi connectivity index (χ0n) is 45.6. The second-order valence-corrected chi connectivity index (χ2v) is 20.8. The first-order valence-corrected chi connectivity index (χ1v) is 29.4. The number of esters is 2. The second-order valence-electron chi connectivity index (χ2n) is 20.8. The van der Waals surface area contributed by atoms with Crippen LogP contribution in [0.1, 0.15) is 239 Å². The summed E-state index contributed by atoms with van der Waals surface area (Å²) in [4.78, 5) is 25.9. The molecule has 0 bridgehead atoms. The Balaban J connectivity index is 1.73. The molecule has 11 atom stereocenters. The summed E-state index contributed by atoms with van der Waals surface area (Å²) < 4.78 is 33.7. The number of unbranched alkanes of at least 4 members (excludes halogenated alkanes) is 29. The zero-order chi connectivity index (χ0) is 53.2. The average Bonchev–Trinajstić information content (AvgIpc) is 3.38. The van der Waals surface area contributed by atoms with Gasteiger partial charge >= 0.3 is 11.9 Å². The van der Waals surface area contributed by atoms with E-state index < -0.39 is 92.7 Å². The van der Waals surface area contributed by atoms with Gasteiger partial charge in [-0.25, -0.2) is 0 Å². The molecule has 2 aliphatic rings. The maximum absolute atomic E-state index is 13.1. The number of carbonyl (C=O) groups is 2. The Morgan fingerprint density at radius 1 is 0.425 bits per heavy atom. The van der Waals surface area contributed by atoms with Crippen LogP contribution in [0, 0.1) is 0 Å². The summed E-state index contributed by atoms with van der Waals surface area (Å²) in [6.07, 6.45) is 32.0. The van der Waals surface area contributed by atoms with Crippen molar-refractivity contribution in [2.24, 2.45) is 0 Å². The van der Waals surface area contributed by atoms with Crippen LogP contribution in [-0.2, 0) is 38.0 Å². The molecule has 0 aromatic heterocycles. The molecule has 15 nitrogen and oxygen atoms in total. The number of allylic oxidation sites excluding steroid dienone is 4. The van der Waals surface area contributed by atoms with Crippen LogP contribution in [0.3, 0.4) is 0 Å². The van der Waals surface area contributed by atoms with Crippen molar-refractivity contribution in [1.29, 1.82) is 0 Å². The highest BCUT2D eigenvalue weighted by Crippen LogP contribution is 2.27. The Morgan fingerprint density at radius 3 is 1.21 bits per heavy atom. The van der Waals surface area contributed by atoms with E-state index in [2.05, 4.69) is 38.2 Å². The number of carbonyl (C=O) groups excluding carboxylic acids is 2. The molecule has 0 aromatic carbocycles. The van der Waals surface area contributed by atoms with E-state index >= 15 is 0 Å². The molecule has 2 fully saturated rings. The largest absolute Gasteiger partial charge is 0.462 e. The third-order valence-electron chi connectivity index (χ3n) is 14.2. The maximum atomic E-state index is 13.1. The summed E-state index contributed by atoms with van der Waals surface area (Å²) >= 11 is 0. The normalized spacial score (nSPS) is 24.9. The van der Waals surface area contributed by atoms with Gasteiger partial charge in [0, 0.05) is 12.8 Å². The van der Waals surface area contributed by atoms with Crippen molar-refractivity contribution in [1.82, 2.24) is 0 Å². The predicted octanol–water partition coefficient (Wildman–Crippen LogP) is 9.89. The molecule has 7 N–H and O–H groups in total. The molecule has 15 heteroatoms. The lowest BCUT2D eigenvalue weighted by Gasteiger charge is -2.42. The summed E-state index contributed by atoms with van der Waals surface area (Å²) in [7, 11) is 0. The van der Waals surface area contributed by atoms with Crippen LogP contribution in [0.2, 0.25) is 0 Å². The molecule has 2 rings (SSSR count). The lowest BCUT2D eigenvalue weighted by Crippen LogP contribution is -2.61. The van der Waals surface area contributed by atoms with Crippen molar-refractivity contribution >= 4 is 11.9 Å². The lowest BCUT2D eigenvalue weighted by molar-refractivity contribution is -0.332. The molecular weight excluding hydrogens is 937 g/mol. The molecule has 0 aromatic rings. The standard InChI is InChI=1S/C58H106O15/c1-3-5-7-9-11-13-15-17-19-20-21-22-23-24-25-26-27-29-31-33-35-37-39-41-50(61)71-46(43-68-49(60)40-38-36-34-32-30-28-18-16-14-12-10-8-6-4-2)44-69-57-56(67)54(65)52(63)48(73-57)45-70-58-55(66)53(64)51(62)47(42-59)72-58/h16,18,20-21,46-48,51-59,62-67H,3-15,17,19,22-45H2,1-2H3/b18-16-,21-20-. The molecular formula is C58H106O15. The van der Waals surface area contributed by atoms with Crippen molar-refractivity contribution in [3.05, 3.63) is 24.3 Å². The molecule has 73 heavy (non-hydrogen) atoms. The van der Waals surface area contributed by atoms with Gasteiger partial charge in [0.2, 0.25) is 0 Å². The summed E-state index contributed by atoms with van der Waals surface area (Å²) in [5.74, 6) is -0.926. The Morgan fingerprint density at radius 2 is 0.781 bits per heavy atom. The van der Waals surface area contributed by atoms with Crippen LogP contribution in [-0.4, -0.2) is 142 Å². The highest BCUT2D eigenvalue weighted by Gasteiger charge is 2.47. The van der Waals surface area contributed by atoms with Crippen LogP contribution in [0.25, 0.3) is 0 Å². The summed E-state index contributed by atoms with van der Waals surface area (Å²) in [5.41, 5.74) is 0. The molecule has 0 aliphatic carbocycles. The molecule has 0 saturated carbocycles. The van der Waals surface area contributed by atoms with Gasteiger partial charge in [0.1, 0.15) is 55.4 Å². The van der Waals surface area contributed by atoms with Crippen LogP contribution in [0.4, 0.5) is 0 Å². The van der Waals surface area contributed by atoms with Crippen molar-refractivity contribution in [3.8, 4) is 0 Å². The van der Waals surface area contributed by atoms with Gasteiger partial charge in [0.05, 0.1) is 19.8 Å². The molecule has 428 valence electrons. The van der Waals surface area contributed by atoms with Gasteiger partial charge in [-0.3, -0.25) is 9.59 Å². The molecule has 11 unspecified atom stereocenters. The number of ether oxygens (including phenoxy) is 6. The fraction of sp³-hybridized carbons (Fsp3) is 0.897. The number of hydrogen-bond acceptors (Lipinski definition) is 15. The molecule has 0 amide bonds. The van der Waals surface area contributed by atoms with Gasteiger partial charge in [-0.15, -0.1) is 0 Å². The maximum Gasteiger partial charge on any atom is 0.306 e. The summed E-state index contributed by atoms with van der Waals surface area (Å²) in [6, 6.07) is 0. The van der Waals surface area contributed by atoms with E-state index in [9.17, 15) is 45.3 Å². The van der Waals surface area contributed by atoms with E-state index in [1.54, 1.807) is 0 Å². The summed E-state index contributed by atoms with van der Waals surface area (Å²) in [5, 5.41) is 72.3. The van der Waals surface area contributed by atoms with Crippen LogP contribution < -0.4 is 0 Å². The first-order valence-electron chi connectivity index (χ1n) is 29.4. The number of aliphatic hydroxyl groups excluding tert-OH is 7. The first-order chi connectivity index (χ1) is 35.5.